The number of aliphatic hydroxyl groups is 1. The van der Waals surface area contributed by atoms with Crippen molar-refractivity contribution >= 4 is 5.91 Å². The minimum Gasteiger partial charge on any atom is -0.396 e. The first-order valence-electron chi connectivity index (χ1n) is 6.11. The van der Waals surface area contributed by atoms with Crippen LogP contribution in [0, 0.1) is 11.8 Å². The smallest absolute Gasteiger partial charge is 0.220 e. The number of carbonyl (C=O) groups excluding carboxylic acids is 1. The van der Waals surface area contributed by atoms with E-state index in [1.165, 1.54) is 0 Å². The molecule has 0 radical (unpaired) electrons. The van der Waals surface area contributed by atoms with E-state index >= 15 is 0 Å². The molecule has 0 saturated heterocycles. The maximum Gasteiger partial charge on any atom is 0.220 e. The highest BCUT2D eigenvalue weighted by Crippen LogP contribution is 2.08. The lowest BCUT2D eigenvalue weighted by Crippen LogP contribution is -2.39. The van der Waals surface area contributed by atoms with Gasteiger partial charge in [0, 0.05) is 19.1 Å². The molecule has 0 aliphatic carbocycles. The van der Waals surface area contributed by atoms with E-state index in [4.69, 9.17) is 10.8 Å². The Morgan fingerprint density at radius 3 is 2.38 bits per heavy atom. The Labute approximate surface area is 98.6 Å². The Hall–Kier alpha value is -0.610. The fourth-order valence-corrected chi connectivity index (χ4v) is 1.49. The predicted octanol–water partition coefficient (Wildman–Crippen LogP) is 0.885. The standard InChI is InChI=1S/C12H26N2O2/c1-9(2)11(6-7-15)14-12(16)5-4-10(3)8-13/h9-11,15H,4-8,13H2,1-3H3,(H,14,16). The Bertz CT molecular complexity index is 195. The summed E-state index contributed by atoms with van der Waals surface area (Å²) in [7, 11) is 0. The zero-order valence-electron chi connectivity index (χ0n) is 10.7. The summed E-state index contributed by atoms with van der Waals surface area (Å²) in [6, 6.07) is 0.0747. The van der Waals surface area contributed by atoms with Crippen LogP contribution < -0.4 is 11.1 Å². The molecule has 16 heavy (non-hydrogen) atoms. The van der Waals surface area contributed by atoms with Crippen molar-refractivity contribution in [1.29, 1.82) is 0 Å². The summed E-state index contributed by atoms with van der Waals surface area (Å²) in [4.78, 5) is 11.6. The molecule has 0 aromatic rings. The monoisotopic (exact) mass is 230 g/mol. The molecule has 96 valence electrons. The van der Waals surface area contributed by atoms with Crippen LogP contribution in [-0.4, -0.2) is 30.2 Å². The van der Waals surface area contributed by atoms with Crippen LogP contribution in [0.25, 0.3) is 0 Å². The summed E-state index contributed by atoms with van der Waals surface area (Å²) >= 11 is 0. The van der Waals surface area contributed by atoms with Crippen molar-refractivity contribution in [1.82, 2.24) is 5.32 Å². The van der Waals surface area contributed by atoms with Crippen LogP contribution in [0.2, 0.25) is 0 Å². The molecule has 0 bridgehead atoms. The summed E-state index contributed by atoms with van der Waals surface area (Å²) in [5, 5.41) is 11.8. The molecule has 0 heterocycles. The molecule has 0 fully saturated rings. The zero-order valence-corrected chi connectivity index (χ0v) is 10.7. The van der Waals surface area contributed by atoms with Crippen molar-refractivity contribution in [2.75, 3.05) is 13.2 Å². The number of nitrogens with one attached hydrogen (secondary N) is 1. The third-order valence-electron chi connectivity index (χ3n) is 2.86. The first-order chi connectivity index (χ1) is 7.51. The highest BCUT2D eigenvalue weighted by atomic mass is 16.3. The molecule has 2 unspecified atom stereocenters. The van der Waals surface area contributed by atoms with E-state index in [0.29, 0.717) is 31.2 Å². The quantitative estimate of drug-likeness (QED) is 0.579. The maximum atomic E-state index is 11.6. The molecule has 0 spiro atoms. The summed E-state index contributed by atoms with van der Waals surface area (Å²) in [5.74, 6) is 0.802. The highest BCUT2D eigenvalue weighted by molar-refractivity contribution is 5.76. The van der Waals surface area contributed by atoms with Gasteiger partial charge in [0.1, 0.15) is 0 Å². The Balaban J connectivity index is 3.90. The van der Waals surface area contributed by atoms with Gasteiger partial charge in [-0.15, -0.1) is 0 Å². The average molecular weight is 230 g/mol. The van der Waals surface area contributed by atoms with Gasteiger partial charge in [-0.2, -0.15) is 0 Å². The van der Waals surface area contributed by atoms with E-state index in [-0.39, 0.29) is 18.6 Å². The third kappa shape index (κ3) is 6.80. The van der Waals surface area contributed by atoms with Gasteiger partial charge in [-0.1, -0.05) is 20.8 Å². The lowest BCUT2D eigenvalue weighted by Gasteiger charge is -2.21. The minimum absolute atomic E-state index is 0.0625. The van der Waals surface area contributed by atoms with Crippen molar-refractivity contribution in [3.8, 4) is 0 Å². The molecule has 0 aromatic carbocycles. The van der Waals surface area contributed by atoms with Crippen LogP contribution in [-0.2, 0) is 4.79 Å². The molecule has 4 nitrogen and oxygen atoms in total. The molecule has 4 N–H and O–H groups in total. The second-order valence-corrected chi connectivity index (χ2v) is 4.81. The Morgan fingerprint density at radius 2 is 1.94 bits per heavy atom. The molecule has 0 saturated carbocycles. The van der Waals surface area contributed by atoms with Crippen LogP contribution in [0.4, 0.5) is 0 Å². The number of rotatable bonds is 8. The topological polar surface area (TPSA) is 75.4 Å². The summed E-state index contributed by atoms with van der Waals surface area (Å²) < 4.78 is 0. The summed E-state index contributed by atoms with van der Waals surface area (Å²) in [5.41, 5.74) is 5.49. The van der Waals surface area contributed by atoms with Gasteiger partial charge >= 0.3 is 0 Å². The van der Waals surface area contributed by atoms with E-state index in [0.717, 1.165) is 6.42 Å². The molecule has 0 aliphatic heterocycles. The van der Waals surface area contributed by atoms with Gasteiger partial charge in [0.25, 0.3) is 0 Å². The highest BCUT2D eigenvalue weighted by Gasteiger charge is 2.15. The molecular weight excluding hydrogens is 204 g/mol. The van der Waals surface area contributed by atoms with Gasteiger partial charge < -0.3 is 16.2 Å². The van der Waals surface area contributed by atoms with Gasteiger partial charge in [-0.25, -0.2) is 0 Å². The van der Waals surface area contributed by atoms with Crippen molar-refractivity contribution in [3.05, 3.63) is 0 Å². The molecular formula is C12H26N2O2. The SMILES string of the molecule is CC(CN)CCC(=O)NC(CCO)C(C)C. The van der Waals surface area contributed by atoms with E-state index < -0.39 is 0 Å². The summed E-state index contributed by atoms with van der Waals surface area (Å²) in [6.45, 7) is 6.87. The van der Waals surface area contributed by atoms with Crippen molar-refractivity contribution in [3.63, 3.8) is 0 Å². The lowest BCUT2D eigenvalue weighted by atomic mass is 10.0. The van der Waals surface area contributed by atoms with E-state index in [9.17, 15) is 4.79 Å². The number of nitrogens with two attached hydrogens (primary N) is 1. The number of amides is 1. The average Bonchev–Trinajstić information content (AvgIpc) is 2.25. The van der Waals surface area contributed by atoms with Crippen LogP contribution in [0.15, 0.2) is 0 Å². The lowest BCUT2D eigenvalue weighted by molar-refractivity contribution is -0.122. The van der Waals surface area contributed by atoms with E-state index in [1.54, 1.807) is 0 Å². The fourth-order valence-electron chi connectivity index (χ4n) is 1.49. The molecule has 0 aliphatic rings. The van der Waals surface area contributed by atoms with Crippen molar-refractivity contribution in [2.45, 2.75) is 46.1 Å². The van der Waals surface area contributed by atoms with Crippen LogP contribution in [0.5, 0.6) is 0 Å². The fraction of sp³-hybridized carbons (Fsp3) is 0.917. The Morgan fingerprint density at radius 1 is 1.31 bits per heavy atom. The number of carbonyl (C=O) groups is 1. The number of hydrogen-bond acceptors (Lipinski definition) is 3. The minimum atomic E-state index is 0.0625. The molecule has 2 atom stereocenters. The second-order valence-electron chi connectivity index (χ2n) is 4.81. The summed E-state index contributed by atoms with van der Waals surface area (Å²) in [6.07, 6.45) is 1.97. The maximum absolute atomic E-state index is 11.6. The molecule has 4 heteroatoms. The van der Waals surface area contributed by atoms with Crippen LogP contribution in [0.1, 0.15) is 40.0 Å². The first kappa shape index (κ1) is 15.4. The van der Waals surface area contributed by atoms with Crippen molar-refractivity contribution < 1.29 is 9.90 Å². The zero-order chi connectivity index (χ0) is 12.6. The van der Waals surface area contributed by atoms with Gasteiger partial charge in [-0.05, 0) is 31.2 Å². The molecule has 0 aromatic heterocycles. The Kier molecular flexibility index (Phi) is 8.21. The third-order valence-corrected chi connectivity index (χ3v) is 2.86. The largest absolute Gasteiger partial charge is 0.396 e. The molecule has 0 rings (SSSR count). The first-order valence-corrected chi connectivity index (χ1v) is 6.11. The van der Waals surface area contributed by atoms with E-state index in [2.05, 4.69) is 5.32 Å². The second kappa shape index (κ2) is 8.53. The van der Waals surface area contributed by atoms with E-state index in [1.807, 2.05) is 20.8 Å². The number of aliphatic hydroxyl groups excluding tert-OH is 1. The van der Waals surface area contributed by atoms with Crippen molar-refractivity contribution in [2.24, 2.45) is 17.6 Å². The van der Waals surface area contributed by atoms with Gasteiger partial charge in [-0.3, -0.25) is 4.79 Å². The molecule has 1 amide bonds. The predicted molar refractivity (Wildman–Crippen MR) is 65.9 cm³/mol. The van der Waals surface area contributed by atoms with Gasteiger partial charge in [0.2, 0.25) is 5.91 Å². The number of hydrogen-bond donors (Lipinski definition) is 3. The van der Waals surface area contributed by atoms with Gasteiger partial charge in [0.15, 0.2) is 0 Å². The van der Waals surface area contributed by atoms with Crippen LogP contribution in [0.3, 0.4) is 0 Å². The van der Waals surface area contributed by atoms with Crippen LogP contribution >= 0.6 is 0 Å². The normalized spacial score (nSPS) is 14.9. The van der Waals surface area contributed by atoms with Gasteiger partial charge in [0.05, 0.1) is 0 Å².